The van der Waals surface area contributed by atoms with E-state index < -0.39 is 0 Å². The third kappa shape index (κ3) is 4.21. The molecule has 0 saturated heterocycles. The third-order valence-corrected chi connectivity index (χ3v) is 6.62. The van der Waals surface area contributed by atoms with Crippen LogP contribution in [0.2, 0.25) is 5.02 Å². The number of carbonyl (C=O) groups is 1. The number of hydrogen-bond acceptors (Lipinski definition) is 3. The van der Waals surface area contributed by atoms with Crippen LogP contribution in [0.25, 0.3) is 11.0 Å². The largest absolute Gasteiger partial charge is 0.483 e. The molecule has 0 saturated carbocycles. The Morgan fingerprint density at radius 2 is 1.91 bits per heavy atom. The maximum Gasteiger partial charge on any atom is 0.246 e. The van der Waals surface area contributed by atoms with Gasteiger partial charge >= 0.3 is 0 Å². The average Bonchev–Trinajstić information content (AvgIpc) is 3.19. The molecule has 6 heteroatoms. The molecule has 168 valence electrons. The van der Waals surface area contributed by atoms with Crippen molar-refractivity contribution >= 4 is 34.2 Å². The van der Waals surface area contributed by atoms with E-state index in [1.165, 1.54) is 5.56 Å². The molecule has 0 fully saturated rings. The maximum absolute atomic E-state index is 13.5. The first-order chi connectivity index (χ1) is 16.0. The Morgan fingerprint density at radius 1 is 1.12 bits per heavy atom. The molecule has 33 heavy (non-hydrogen) atoms. The van der Waals surface area contributed by atoms with E-state index in [1.807, 2.05) is 84.0 Å². The Labute approximate surface area is 198 Å². The van der Waals surface area contributed by atoms with E-state index >= 15 is 0 Å². The van der Waals surface area contributed by atoms with Crippen LogP contribution < -0.4 is 9.64 Å². The lowest BCUT2D eigenvalue weighted by atomic mass is 10.0. The number of aryl methyl sites for hydroxylation is 2. The van der Waals surface area contributed by atoms with Crippen LogP contribution in [0.1, 0.15) is 36.4 Å². The zero-order valence-corrected chi connectivity index (χ0v) is 19.5. The molecular weight excluding hydrogens is 434 g/mol. The first-order valence-corrected chi connectivity index (χ1v) is 11.7. The highest BCUT2D eigenvalue weighted by molar-refractivity contribution is 6.31. The van der Waals surface area contributed by atoms with Gasteiger partial charge in [-0.2, -0.15) is 0 Å². The lowest BCUT2D eigenvalue weighted by Gasteiger charge is -2.30. The minimum atomic E-state index is -0.348. The van der Waals surface area contributed by atoms with Gasteiger partial charge in [-0.05, 0) is 74.2 Å². The molecule has 0 N–H and O–H groups in total. The number of benzene rings is 3. The molecule has 1 aliphatic heterocycles. The summed E-state index contributed by atoms with van der Waals surface area (Å²) in [6.07, 6.45) is 1.62. The van der Waals surface area contributed by atoms with Crippen LogP contribution in [0.15, 0.2) is 66.7 Å². The zero-order chi connectivity index (χ0) is 22.9. The molecule has 0 spiro atoms. The molecule has 4 aromatic rings. The first-order valence-electron chi connectivity index (χ1n) is 11.3. The number of ether oxygens (including phenoxy) is 1. The van der Waals surface area contributed by atoms with Crippen molar-refractivity contribution in [3.05, 3.63) is 88.7 Å². The zero-order valence-electron chi connectivity index (χ0n) is 18.8. The van der Waals surface area contributed by atoms with Crippen molar-refractivity contribution in [3.63, 3.8) is 0 Å². The van der Waals surface area contributed by atoms with Gasteiger partial charge in [-0.25, -0.2) is 4.98 Å². The number of imidazole rings is 1. The number of anilines is 1. The van der Waals surface area contributed by atoms with Crippen LogP contribution in [0.3, 0.4) is 0 Å². The molecule has 1 aliphatic rings. The van der Waals surface area contributed by atoms with Gasteiger partial charge in [0, 0.05) is 17.3 Å². The van der Waals surface area contributed by atoms with Gasteiger partial charge in [0.1, 0.15) is 12.3 Å². The summed E-state index contributed by atoms with van der Waals surface area (Å²) in [7, 11) is 0. The molecule has 1 unspecified atom stereocenters. The Balaban J connectivity index is 1.47. The fourth-order valence-corrected chi connectivity index (χ4v) is 4.65. The average molecular weight is 460 g/mol. The quantitative estimate of drug-likeness (QED) is 0.361. The summed E-state index contributed by atoms with van der Waals surface area (Å²) in [4.78, 5) is 20.2. The van der Waals surface area contributed by atoms with Gasteiger partial charge in [0.2, 0.25) is 5.91 Å². The molecule has 1 atom stereocenters. The third-order valence-electron chi connectivity index (χ3n) is 6.19. The van der Waals surface area contributed by atoms with Gasteiger partial charge in [-0.3, -0.25) is 4.79 Å². The second-order valence-electron chi connectivity index (χ2n) is 8.49. The minimum Gasteiger partial charge on any atom is -0.483 e. The molecule has 3 aromatic carbocycles. The summed E-state index contributed by atoms with van der Waals surface area (Å²) >= 11 is 6.17. The Morgan fingerprint density at radius 3 is 2.76 bits per heavy atom. The molecule has 5 nitrogen and oxygen atoms in total. The van der Waals surface area contributed by atoms with E-state index in [2.05, 4.69) is 6.07 Å². The maximum atomic E-state index is 13.5. The van der Waals surface area contributed by atoms with Crippen molar-refractivity contribution in [2.75, 3.05) is 11.4 Å². The summed E-state index contributed by atoms with van der Waals surface area (Å²) in [6.45, 7) is 4.85. The molecule has 1 aromatic heterocycles. The molecule has 0 aliphatic carbocycles. The van der Waals surface area contributed by atoms with E-state index in [0.29, 0.717) is 5.02 Å². The van der Waals surface area contributed by atoms with Gasteiger partial charge in [0.15, 0.2) is 11.9 Å². The minimum absolute atomic E-state index is 0.0566. The molecule has 0 radical (unpaired) electrons. The molecular formula is C27H26ClN3O2. The van der Waals surface area contributed by atoms with E-state index in [4.69, 9.17) is 21.3 Å². The number of amides is 1. The lowest BCUT2D eigenvalue weighted by Crippen LogP contribution is -2.38. The highest BCUT2D eigenvalue weighted by atomic mass is 35.5. The summed E-state index contributed by atoms with van der Waals surface area (Å²) in [5.41, 5.74) is 4.97. The first kappa shape index (κ1) is 21.5. The predicted molar refractivity (Wildman–Crippen MR) is 132 cm³/mol. The monoisotopic (exact) mass is 459 g/mol. The second kappa shape index (κ2) is 8.91. The van der Waals surface area contributed by atoms with Gasteiger partial charge in [0.05, 0.1) is 11.0 Å². The Bertz CT molecular complexity index is 1330. The smallest absolute Gasteiger partial charge is 0.246 e. The van der Waals surface area contributed by atoms with Gasteiger partial charge < -0.3 is 14.2 Å². The SMILES string of the molecule is Cc1cc(OC(C)c2nc3ccccc3n2CC(=O)N2CCCc3ccccc32)ccc1Cl. The van der Waals surface area contributed by atoms with Crippen LogP contribution in [-0.4, -0.2) is 22.0 Å². The Kier molecular flexibility index (Phi) is 5.81. The number of carbonyl (C=O) groups excluding carboxylic acids is 1. The number of nitrogens with zero attached hydrogens (tertiary/aromatic N) is 3. The van der Waals surface area contributed by atoms with Crippen LogP contribution in [0.4, 0.5) is 5.69 Å². The highest BCUT2D eigenvalue weighted by Crippen LogP contribution is 2.30. The van der Waals surface area contributed by atoms with Crippen LogP contribution in [0, 0.1) is 6.92 Å². The van der Waals surface area contributed by atoms with Crippen LogP contribution >= 0.6 is 11.6 Å². The van der Waals surface area contributed by atoms with Crippen molar-refractivity contribution in [1.82, 2.24) is 9.55 Å². The van der Waals surface area contributed by atoms with E-state index in [-0.39, 0.29) is 18.6 Å². The number of rotatable bonds is 5. The normalized spacial score (nSPS) is 14.2. The summed E-state index contributed by atoms with van der Waals surface area (Å²) < 4.78 is 8.21. The van der Waals surface area contributed by atoms with E-state index in [9.17, 15) is 4.79 Å². The van der Waals surface area contributed by atoms with E-state index in [0.717, 1.165) is 53.2 Å². The van der Waals surface area contributed by atoms with Gasteiger partial charge in [0.25, 0.3) is 0 Å². The number of fused-ring (bicyclic) bond motifs is 2. The highest BCUT2D eigenvalue weighted by Gasteiger charge is 2.25. The van der Waals surface area contributed by atoms with E-state index in [1.54, 1.807) is 0 Å². The summed E-state index contributed by atoms with van der Waals surface area (Å²) in [5, 5.41) is 0.703. The van der Waals surface area contributed by atoms with Crippen molar-refractivity contribution in [2.24, 2.45) is 0 Å². The fourth-order valence-electron chi connectivity index (χ4n) is 4.53. The number of halogens is 1. The lowest BCUT2D eigenvalue weighted by molar-refractivity contribution is -0.119. The Hall–Kier alpha value is -3.31. The standard InChI is InChI=1S/C27H26ClN3O2/c1-18-16-21(13-14-22(18)28)33-19(2)27-29-23-10-4-6-12-25(23)31(27)17-26(32)30-15-7-9-20-8-3-5-11-24(20)30/h3-6,8,10-14,16,19H,7,9,15,17H2,1-2H3. The number of hydrogen-bond donors (Lipinski definition) is 0. The topological polar surface area (TPSA) is 47.4 Å². The second-order valence-corrected chi connectivity index (χ2v) is 8.90. The van der Waals surface area contributed by atoms with Crippen molar-refractivity contribution in [3.8, 4) is 5.75 Å². The van der Waals surface area contributed by atoms with Crippen LogP contribution in [0.5, 0.6) is 5.75 Å². The van der Waals surface area contributed by atoms with Crippen LogP contribution in [-0.2, 0) is 17.8 Å². The van der Waals surface area contributed by atoms with Gasteiger partial charge in [-0.15, -0.1) is 0 Å². The summed E-state index contributed by atoms with van der Waals surface area (Å²) in [6, 6.07) is 21.7. The van der Waals surface area contributed by atoms with Gasteiger partial charge in [-0.1, -0.05) is 41.9 Å². The number of aromatic nitrogens is 2. The molecule has 0 bridgehead atoms. The van der Waals surface area contributed by atoms with Crippen molar-refractivity contribution in [1.29, 1.82) is 0 Å². The summed E-state index contributed by atoms with van der Waals surface area (Å²) in [5.74, 6) is 1.50. The fraction of sp³-hybridized carbons (Fsp3) is 0.259. The predicted octanol–water partition coefficient (Wildman–Crippen LogP) is 6.12. The van der Waals surface area contributed by atoms with Crippen molar-refractivity contribution < 1.29 is 9.53 Å². The van der Waals surface area contributed by atoms with Crippen molar-refractivity contribution in [2.45, 2.75) is 39.3 Å². The molecule has 5 rings (SSSR count). The molecule has 1 amide bonds. The number of para-hydroxylation sites is 3. The molecule has 2 heterocycles.